The summed E-state index contributed by atoms with van der Waals surface area (Å²) in [5.74, 6) is 0.679. The summed E-state index contributed by atoms with van der Waals surface area (Å²) in [5.41, 5.74) is 7.75. The number of ether oxygens (including phenoxy) is 1. The van der Waals surface area contributed by atoms with Crippen molar-refractivity contribution in [3.05, 3.63) is 34.2 Å². The number of carbonyl (C=O) groups excluding carboxylic acids is 1. The number of halogens is 1. The fourth-order valence-corrected chi connectivity index (χ4v) is 2.54. The standard InChI is InChI=1S/C12H12BrN3O2/c13-10-3-8(7-1-2-7)4-16-5-9(15-11(10)16)6-18-12(14)17/h3-5,7H,1-2,6H2,(H2,14,17). The molecule has 0 radical (unpaired) electrons. The lowest BCUT2D eigenvalue weighted by Gasteiger charge is -2.01. The summed E-state index contributed by atoms with van der Waals surface area (Å²) >= 11 is 3.52. The van der Waals surface area contributed by atoms with Crippen molar-refractivity contribution in [2.24, 2.45) is 5.73 Å². The fourth-order valence-electron chi connectivity index (χ4n) is 1.98. The highest BCUT2D eigenvalue weighted by Crippen LogP contribution is 2.41. The van der Waals surface area contributed by atoms with Gasteiger partial charge in [0.2, 0.25) is 0 Å². The van der Waals surface area contributed by atoms with E-state index in [1.54, 1.807) is 0 Å². The van der Waals surface area contributed by atoms with Gasteiger partial charge in [0.05, 0.1) is 10.2 Å². The second kappa shape index (κ2) is 4.28. The van der Waals surface area contributed by atoms with Crippen LogP contribution in [0.2, 0.25) is 0 Å². The van der Waals surface area contributed by atoms with Crippen LogP contribution in [0.4, 0.5) is 4.79 Å². The van der Waals surface area contributed by atoms with E-state index in [1.807, 2.05) is 10.6 Å². The van der Waals surface area contributed by atoms with E-state index in [1.165, 1.54) is 18.4 Å². The Labute approximate surface area is 112 Å². The number of fused-ring (bicyclic) bond motifs is 1. The van der Waals surface area contributed by atoms with Gasteiger partial charge in [-0.05, 0) is 46.3 Å². The number of hydrogen-bond acceptors (Lipinski definition) is 3. The molecule has 1 aliphatic carbocycles. The van der Waals surface area contributed by atoms with Gasteiger partial charge in [0.1, 0.15) is 6.61 Å². The molecule has 2 heterocycles. The van der Waals surface area contributed by atoms with E-state index in [4.69, 9.17) is 10.5 Å². The molecule has 1 fully saturated rings. The van der Waals surface area contributed by atoms with E-state index < -0.39 is 6.09 Å². The van der Waals surface area contributed by atoms with E-state index in [9.17, 15) is 4.79 Å². The Hall–Kier alpha value is -1.56. The molecule has 1 aliphatic rings. The van der Waals surface area contributed by atoms with Crippen LogP contribution in [0.15, 0.2) is 22.9 Å². The second-order valence-corrected chi connectivity index (χ2v) is 5.32. The van der Waals surface area contributed by atoms with Crippen molar-refractivity contribution < 1.29 is 9.53 Å². The molecule has 1 saturated carbocycles. The quantitative estimate of drug-likeness (QED) is 0.947. The molecule has 0 saturated heterocycles. The molecular formula is C12H12BrN3O2. The molecule has 0 aromatic carbocycles. The smallest absolute Gasteiger partial charge is 0.404 e. The van der Waals surface area contributed by atoms with Crippen molar-refractivity contribution in [1.29, 1.82) is 0 Å². The molecule has 0 unspecified atom stereocenters. The first-order valence-electron chi connectivity index (χ1n) is 5.73. The molecule has 6 heteroatoms. The van der Waals surface area contributed by atoms with Crippen LogP contribution in [-0.2, 0) is 11.3 Å². The normalized spacial score (nSPS) is 14.9. The highest BCUT2D eigenvalue weighted by atomic mass is 79.9. The van der Waals surface area contributed by atoms with E-state index >= 15 is 0 Å². The molecule has 0 atom stereocenters. The topological polar surface area (TPSA) is 69.6 Å². The number of nitrogens with zero attached hydrogens (tertiary/aromatic N) is 2. The number of pyridine rings is 1. The van der Waals surface area contributed by atoms with Crippen LogP contribution in [0.25, 0.3) is 5.65 Å². The first-order valence-corrected chi connectivity index (χ1v) is 6.52. The summed E-state index contributed by atoms with van der Waals surface area (Å²) in [6, 6.07) is 2.11. The average Bonchev–Trinajstić information content (AvgIpc) is 3.07. The number of primary amides is 1. The third-order valence-corrected chi connectivity index (χ3v) is 3.57. The number of rotatable bonds is 3. The van der Waals surface area contributed by atoms with E-state index in [2.05, 4.69) is 33.2 Å². The van der Waals surface area contributed by atoms with Crippen molar-refractivity contribution >= 4 is 27.7 Å². The average molecular weight is 310 g/mol. The highest BCUT2D eigenvalue weighted by molar-refractivity contribution is 9.10. The Balaban J connectivity index is 1.95. The van der Waals surface area contributed by atoms with Crippen molar-refractivity contribution in [3.8, 4) is 0 Å². The number of amides is 1. The number of imidazole rings is 1. The van der Waals surface area contributed by atoms with Crippen LogP contribution in [0.3, 0.4) is 0 Å². The molecule has 5 nitrogen and oxygen atoms in total. The number of carbonyl (C=O) groups is 1. The molecule has 0 aliphatic heterocycles. The predicted octanol–water partition coefficient (Wildman–Crippen LogP) is 2.57. The minimum absolute atomic E-state index is 0.0994. The Morgan fingerprint density at radius 3 is 3.00 bits per heavy atom. The Morgan fingerprint density at radius 1 is 1.56 bits per heavy atom. The molecule has 0 spiro atoms. The first-order chi connectivity index (χ1) is 8.63. The third-order valence-electron chi connectivity index (χ3n) is 2.99. The minimum atomic E-state index is -0.787. The van der Waals surface area contributed by atoms with Gasteiger partial charge in [-0.3, -0.25) is 0 Å². The number of aromatic nitrogens is 2. The zero-order valence-electron chi connectivity index (χ0n) is 9.60. The van der Waals surface area contributed by atoms with Gasteiger partial charge in [0.15, 0.2) is 5.65 Å². The van der Waals surface area contributed by atoms with E-state index in [-0.39, 0.29) is 6.61 Å². The van der Waals surface area contributed by atoms with Crippen LogP contribution in [0, 0.1) is 0 Å². The van der Waals surface area contributed by atoms with E-state index in [0.29, 0.717) is 11.6 Å². The molecule has 2 aromatic rings. The lowest BCUT2D eigenvalue weighted by atomic mass is 10.2. The van der Waals surface area contributed by atoms with E-state index in [0.717, 1.165) is 10.1 Å². The maximum atomic E-state index is 10.6. The van der Waals surface area contributed by atoms with Gasteiger partial charge >= 0.3 is 6.09 Å². The SMILES string of the molecule is NC(=O)OCc1cn2cc(C3CC3)cc(Br)c2n1. The van der Waals surface area contributed by atoms with Crippen LogP contribution in [-0.4, -0.2) is 15.5 Å². The lowest BCUT2D eigenvalue weighted by Crippen LogP contribution is -2.12. The van der Waals surface area contributed by atoms with Gasteiger partial charge in [-0.25, -0.2) is 9.78 Å². The summed E-state index contributed by atoms with van der Waals surface area (Å²) in [6.07, 6.45) is 5.66. The third kappa shape index (κ3) is 2.20. The molecule has 3 rings (SSSR count). The maximum absolute atomic E-state index is 10.6. The minimum Gasteiger partial charge on any atom is -0.443 e. The molecule has 0 bridgehead atoms. The maximum Gasteiger partial charge on any atom is 0.404 e. The van der Waals surface area contributed by atoms with Crippen molar-refractivity contribution in [2.45, 2.75) is 25.4 Å². The van der Waals surface area contributed by atoms with Crippen molar-refractivity contribution in [2.75, 3.05) is 0 Å². The van der Waals surface area contributed by atoms with Crippen LogP contribution in [0.1, 0.15) is 30.0 Å². The van der Waals surface area contributed by atoms with Gasteiger partial charge in [-0.2, -0.15) is 0 Å². The Bertz CT molecular complexity index is 619. The van der Waals surface area contributed by atoms with Crippen LogP contribution >= 0.6 is 15.9 Å². The molecule has 1 amide bonds. The lowest BCUT2D eigenvalue weighted by molar-refractivity contribution is 0.149. The zero-order chi connectivity index (χ0) is 12.7. The van der Waals surface area contributed by atoms with Crippen LogP contribution in [0.5, 0.6) is 0 Å². The molecule has 2 aromatic heterocycles. The number of hydrogen-bond donors (Lipinski definition) is 1. The van der Waals surface area contributed by atoms with Crippen LogP contribution < -0.4 is 5.73 Å². The fraction of sp³-hybridized carbons (Fsp3) is 0.333. The van der Waals surface area contributed by atoms with Crippen molar-refractivity contribution in [3.63, 3.8) is 0 Å². The summed E-state index contributed by atoms with van der Waals surface area (Å²) in [4.78, 5) is 15.0. The van der Waals surface area contributed by atoms with Gasteiger partial charge in [-0.1, -0.05) is 0 Å². The summed E-state index contributed by atoms with van der Waals surface area (Å²) in [6.45, 7) is 0.0994. The monoisotopic (exact) mass is 309 g/mol. The van der Waals surface area contributed by atoms with Gasteiger partial charge in [-0.15, -0.1) is 0 Å². The number of nitrogens with two attached hydrogens (primary N) is 1. The molecular weight excluding hydrogens is 298 g/mol. The highest BCUT2D eigenvalue weighted by Gasteiger charge is 2.24. The van der Waals surface area contributed by atoms with Gasteiger partial charge < -0.3 is 14.9 Å². The summed E-state index contributed by atoms with van der Waals surface area (Å²) < 4.78 is 7.65. The summed E-state index contributed by atoms with van der Waals surface area (Å²) in [5, 5.41) is 0. The Morgan fingerprint density at radius 2 is 2.33 bits per heavy atom. The predicted molar refractivity (Wildman–Crippen MR) is 69.2 cm³/mol. The summed E-state index contributed by atoms with van der Waals surface area (Å²) in [7, 11) is 0. The molecule has 18 heavy (non-hydrogen) atoms. The van der Waals surface area contributed by atoms with Gasteiger partial charge in [0, 0.05) is 12.4 Å². The second-order valence-electron chi connectivity index (χ2n) is 4.47. The molecule has 94 valence electrons. The largest absolute Gasteiger partial charge is 0.443 e. The molecule has 2 N–H and O–H groups in total. The van der Waals surface area contributed by atoms with Crippen molar-refractivity contribution in [1.82, 2.24) is 9.38 Å². The Kier molecular flexibility index (Phi) is 2.74. The zero-order valence-corrected chi connectivity index (χ0v) is 11.2. The van der Waals surface area contributed by atoms with Gasteiger partial charge in [0.25, 0.3) is 0 Å². The first kappa shape index (κ1) is 11.5.